The summed E-state index contributed by atoms with van der Waals surface area (Å²) in [7, 11) is 0. The van der Waals surface area contributed by atoms with Gasteiger partial charge in [0.1, 0.15) is 17.1 Å². The molecule has 0 bridgehead atoms. The standard InChI is InChI=1S/C16H21NO2/c1-11(2)17-7-6-15-10-14-5-4-13(8-12(3)18)9-16(14)19-15/h4-5,9-11,17H,6-8H2,1-3H3. The van der Waals surface area contributed by atoms with Crippen molar-refractivity contribution < 1.29 is 9.21 Å². The zero-order chi connectivity index (χ0) is 13.8. The molecule has 0 spiro atoms. The van der Waals surface area contributed by atoms with Crippen LogP contribution >= 0.6 is 0 Å². The maximum atomic E-state index is 11.1. The molecule has 3 nitrogen and oxygen atoms in total. The number of hydrogen-bond donors (Lipinski definition) is 1. The first-order valence-corrected chi connectivity index (χ1v) is 6.79. The number of hydrogen-bond acceptors (Lipinski definition) is 3. The van der Waals surface area contributed by atoms with Crippen LogP contribution in [0.4, 0.5) is 0 Å². The van der Waals surface area contributed by atoms with Crippen molar-refractivity contribution in [3.63, 3.8) is 0 Å². The van der Waals surface area contributed by atoms with Gasteiger partial charge >= 0.3 is 0 Å². The molecule has 19 heavy (non-hydrogen) atoms. The van der Waals surface area contributed by atoms with Crippen LogP contribution in [0.15, 0.2) is 28.7 Å². The Kier molecular flexibility index (Phi) is 4.38. The zero-order valence-electron chi connectivity index (χ0n) is 11.8. The fraction of sp³-hybridized carbons (Fsp3) is 0.438. The Labute approximate surface area is 114 Å². The molecular weight excluding hydrogens is 238 g/mol. The van der Waals surface area contributed by atoms with Gasteiger partial charge in [0.2, 0.25) is 0 Å². The zero-order valence-corrected chi connectivity index (χ0v) is 11.8. The Morgan fingerprint density at radius 3 is 2.79 bits per heavy atom. The van der Waals surface area contributed by atoms with Crippen LogP contribution in [0.25, 0.3) is 11.0 Å². The van der Waals surface area contributed by atoms with Crippen LogP contribution < -0.4 is 5.32 Å². The molecule has 0 saturated carbocycles. The Balaban J connectivity index is 2.09. The lowest BCUT2D eigenvalue weighted by atomic mass is 10.1. The molecule has 0 aliphatic heterocycles. The molecule has 2 rings (SSSR count). The van der Waals surface area contributed by atoms with E-state index in [0.717, 1.165) is 35.3 Å². The van der Waals surface area contributed by atoms with Gasteiger partial charge < -0.3 is 9.73 Å². The molecule has 1 aromatic carbocycles. The first kappa shape index (κ1) is 13.8. The van der Waals surface area contributed by atoms with Gasteiger partial charge in [0, 0.05) is 30.8 Å². The third kappa shape index (κ3) is 3.93. The third-order valence-corrected chi connectivity index (χ3v) is 3.01. The van der Waals surface area contributed by atoms with E-state index in [-0.39, 0.29) is 5.78 Å². The number of benzene rings is 1. The number of ketones is 1. The summed E-state index contributed by atoms with van der Waals surface area (Å²) in [5.74, 6) is 1.16. The topological polar surface area (TPSA) is 42.2 Å². The molecule has 1 N–H and O–H groups in total. The number of carbonyl (C=O) groups excluding carboxylic acids is 1. The van der Waals surface area contributed by atoms with E-state index in [2.05, 4.69) is 25.2 Å². The molecule has 2 aromatic rings. The van der Waals surface area contributed by atoms with Crippen molar-refractivity contribution >= 4 is 16.8 Å². The van der Waals surface area contributed by atoms with Crippen molar-refractivity contribution in [2.45, 2.75) is 39.7 Å². The highest BCUT2D eigenvalue weighted by Gasteiger charge is 2.06. The lowest BCUT2D eigenvalue weighted by Gasteiger charge is -2.05. The maximum Gasteiger partial charge on any atom is 0.134 e. The molecule has 0 aliphatic carbocycles. The SMILES string of the molecule is CC(=O)Cc1ccc2cc(CCNC(C)C)oc2c1. The number of rotatable bonds is 6. The summed E-state index contributed by atoms with van der Waals surface area (Å²) >= 11 is 0. The molecule has 0 radical (unpaired) electrons. The minimum absolute atomic E-state index is 0.173. The van der Waals surface area contributed by atoms with Gasteiger partial charge in [-0.05, 0) is 24.6 Å². The van der Waals surface area contributed by atoms with Crippen LogP contribution in [-0.2, 0) is 17.6 Å². The third-order valence-electron chi connectivity index (χ3n) is 3.01. The van der Waals surface area contributed by atoms with Gasteiger partial charge in [0.15, 0.2) is 0 Å². The highest BCUT2D eigenvalue weighted by molar-refractivity contribution is 5.82. The summed E-state index contributed by atoms with van der Waals surface area (Å²) in [4.78, 5) is 11.1. The number of carbonyl (C=O) groups is 1. The van der Waals surface area contributed by atoms with Crippen LogP contribution in [0.1, 0.15) is 32.1 Å². The monoisotopic (exact) mass is 259 g/mol. The molecule has 3 heteroatoms. The van der Waals surface area contributed by atoms with Crippen LogP contribution in [0.2, 0.25) is 0 Å². The van der Waals surface area contributed by atoms with Gasteiger partial charge in [-0.3, -0.25) is 4.79 Å². The molecule has 1 heterocycles. The molecule has 0 atom stereocenters. The van der Waals surface area contributed by atoms with E-state index in [1.165, 1.54) is 0 Å². The van der Waals surface area contributed by atoms with E-state index in [1.807, 2.05) is 18.2 Å². The Hall–Kier alpha value is -1.61. The van der Waals surface area contributed by atoms with Gasteiger partial charge in [0.05, 0.1) is 0 Å². The van der Waals surface area contributed by atoms with Gasteiger partial charge in [-0.2, -0.15) is 0 Å². The summed E-state index contributed by atoms with van der Waals surface area (Å²) in [6.07, 6.45) is 1.36. The predicted molar refractivity (Wildman–Crippen MR) is 77.4 cm³/mol. The fourth-order valence-corrected chi connectivity index (χ4v) is 2.14. The summed E-state index contributed by atoms with van der Waals surface area (Å²) in [6, 6.07) is 8.56. The minimum Gasteiger partial charge on any atom is -0.461 e. The molecule has 0 amide bonds. The van der Waals surface area contributed by atoms with Crippen molar-refractivity contribution in [2.75, 3.05) is 6.54 Å². The number of Topliss-reactive ketones (excluding diaryl/α,β-unsaturated/α-hetero) is 1. The van der Waals surface area contributed by atoms with E-state index in [1.54, 1.807) is 6.92 Å². The lowest BCUT2D eigenvalue weighted by molar-refractivity contribution is -0.116. The molecule has 102 valence electrons. The Morgan fingerprint density at radius 2 is 2.11 bits per heavy atom. The normalized spacial score (nSPS) is 11.4. The van der Waals surface area contributed by atoms with Crippen molar-refractivity contribution in [2.24, 2.45) is 0 Å². The van der Waals surface area contributed by atoms with E-state index in [0.29, 0.717) is 12.5 Å². The second-order valence-corrected chi connectivity index (χ2v) is 5.32. The maximum absolute atomic E-state index is 11.1. The first-order valence-electron chi connectivity index (χ1n) is 6.79. The highest BCUT2D eigenvalue weighted by Crippen LogP contribution is 2.21. The quantitative estimate of drug-likeness (QED) is 0.866. The summed E-state index contributed by atoms with van der Waals surface area (Å²) in [5.41, 5.74) is 1.89. The van der Waals surface area contributed by atoms with Crippen molar-refractivity contribution in [1.82, 2.24) is 5.32 Å². The summed E-state index contributed by atoms with van der Waals surface area (Å²) in [5, 5.41) is 4.47. The molecule has 0 aliphatic rings. The smallest absolute Gasteiger partial charge is 0.134 e. The average Bonchev–Trinajstić information content (AvgIpc) is 2.69. The van der Waals surface area contributed by atoms with Gasteiger partial charge in [-0.15, -0.1) is 0 Å². The fourth-order valence-electron chi connectivity index (χ4n) is 2.14. The average molecular weight is 259 g/mol. The minimum atomic E-state index is 0.173. The number of furan rings is 1. The van der Waals surface area contributed by atoms with Gasteiger partial charge in [-0.1, -0.05) is 26.0 Å². The van der Waals surface area contributed by atoms with Crippen LogP contribution in [0, 0.1) is 0 Å². The largest absolute Gasteiger partial charge is 0.461 e. The Bertz CT molecular complexity index is 569. The number of nitrogens with one attached hydrogen (secondary N) is 1. The van der Waals surface area contributed by atoms with Crippen molar-refractivity contribution in [3.05, 3.63) is 35.6 Å². The van der Waals surface area contributed by atoms with Crippen LogP contribution in [0.3, 0.4) is 0 Å². The second-order valence-electron chi connectivity index (χ2n) is 5.32. The second kappa shape index (κ2) is 6.02. The van der Waals surface area contributed by atoms with Crippen LogP contribution in [0.5, 0.6) is 0 Å². The van der Waals surface area contributed by atoms with Gasteiger partial charge in [-0.25, -0.2) is 0 Å². The van der Waals surface area contributed by atoms with Gasteiger partial charge in [0.25, 0.3) is 0 Å². The molecule has 1 aromatic heterocycles. The highest BCUT2D eigenvalue weighted by atomic mass is 16.3. The summed E-state index contributed by atoms with van der Waals surface area (Å²) < 4.78 is 5.82. The Morgan fingerprint density at radius 1 is 1.32 bits per heavy atom. The van der Waals surface area contributed by atoms with E-state index >= 15 is 0 Å². The molecular formula is C16H21NO2. The van der Waals surface area contributed by atoms with E-state index in [4.69, 9.17) is 4.42 Å². The first-order chi connectivity index (χ1) is 9.04. The van der Waals surface area contributed by atoms with E-state index in [9.17, 15) is 4.79 Å². The molecule has 0 unspecified atom stereocenters. The lowest BCUT2D eigenvalue weighted by Crippen LogP contribution is -2.24. The summed E-state index contributed by atoms with van der Waals surface area (Å²) in [6.45, 7) is 6.78. The number of fused-ring (bicyclic) bond motifs is 1. The van der Waals surface area contributed by atoms with E-state index < -0.39 is 0 Å². The molecule has 0 saturated heterocycles. The predicted octanol–water partition coefficient (Wildman–Crippen LogP) is 3.10. The van der Waals surface area contributed by atoms with Crippen LogP contribution in [-0.4, -0.2) is 18.4 Å². The van der Waals surface area contributed by atoms with Crippen molar-refractivity contribution in [3.8, 4) is 0 Å². The van der Waals surface area contributed by atoms with Crippen molar-refractivity contribution in [1.29, 1.82) is 0 Å². The molecule has 0 fully saturated rings.